The van der Waals surface area contributed by atoms with Crippen molar-refractivity contribution in [3.8, 4) is 0 Å². The summed E-state index contributed by atoms with van der Waals surface area (Å²) >= 11 is 11.2. The van der Waals surface area contributed by atoms with Crippen LogP contribution in [0.4, 0.5) is 0 Å². The highest BCUT2D eigenvalue weighted by molar-refractivity contribution is 6.30. The fourth-order valence-corrected chi connectivity index (χ4v) is 1.89. The summed E-state index contributed by atoms with van der Waals surface area (Å²) in [4.78, 5) is 10.2. The van der Waals surface area contributed by atoms with E-state index in [2.05, 4.69) is 5.32 Å². The molecule has 2 aromatic rings. The summed E-state index contributed by atoms with van der Waals surface area (Å²) in [6, 6.07) is 17.2. The molecule has 1 heterocycles. The van der Waals surface area contributed by atoms with Crippen molar-refractivity contribution in [3.63, 3.8) is 0 Å². The molecule has 2 aromatic carbocycles. The Labute approximate surface area is 141 Å². The lowest BCUT2D eigenvalue weighted by Gasteiger charge is -2.10. The molecule has 0 spiro atoms. The van der Waals surface area contributed by atoms with E-state index >= 15 is 0 Å². The molecule has 22 heavy (non-hydrogen) atoms. The van der Waals surface area contributed by atoms with Crippen LogP contribution in [0.2, 0.25) is 10.0 Å². The van der Waals surface area contributed by atoms with Crippen LogP contribution in [0.25, 0.3) is 0 Å². The molecule has 0 aliphatic carbocycles. The van der Waals surface area contributed by atoms with Crippen LogP contribution in [0.15, 0.2) is 54.6 Å². The lowest BCUT2D eigenvalue weighted by Crippen LogP contribution is -2.36. The van der Waals surface area contributed by atoms with E-state index < -0.39 is 0 Å². The van der Waals surface area contributed by atoms with Gasteiger partial charge in [-0.3, -0.25) is 4.79 Å². The van der Waals surface area contributed by atoms with E-state index in [0.717, 1.165) is 10.0 Å². The van der Waals surface area contributed by atoms with Crippen molar-refractivity contribution >= 4 is 29.1 Å². The van der Waals surface area contributed by atoms with E-state index in [1.54, 1.807) is 0 Å². The number of amides is 1. The molecule has 5 heteroatoms. The first-order valence-electron chi connectivity index (χ1n) is 6.85. The van der Waals surface area contributed by atoms with Crippen molar-refractivity contribution in [1.82, 2.24) is 5.32 Å². The first-order valence-corrected chi connectivity index (χ1v) is 7.60. The van der Waals surface area contributed by atoms with Gasteiger partial charge in [0.2, 0.25) is 5.91 Å². The molecule has 1 saturated heterocycles. The van der Waals surface area contributed by atoms with Crippen molar-refractivity contribution in [2.75, 3.05) is 19.8 Å². The minimum absolute atomic E-state index is 0.00810. The van der Waals surface area contributed by atoms with Crippen LogP contribution in [0.3, 0.4) is 0 Å². The number of aryl methyl sites for hydroxylation is 1. The van der Waals surface area contributed by atoms with Crippen LogP contribution >= 0.6 is 23.2 Å². The molecule has 0 atom stereocenters. The molecule has 0 radical (unpaired) electrons. The number of hydrogen-bond acceptors (Lipinski definition) is 2. The highest BCUT2D eigenvalue weighted by atomic mass is 35.5. The molecular weight excluding hydrogens is 321 g/mol. The van der Waals surface area contributed by atoms with E-state index in [-0.39, 0.29) is 12.5 Å². The Kier molecular flexibility index (Phi) is 9.31. The number of carbonyl (C=O) groups excluding carboxylic acids is 1. The summed E-state index contributed by atoms with van der Waals surface area (Å²) in [6.45, 7) is 3.58. The molecule has 1 aliphatic heterocycles. The van der Waals surface area contributed by atoms with Gasteiger partial charge >= 0.3 is 0 Å². The third kappa shape index (κ3) is 9.40. The monoisotopic (exact) mass is 339 g/mol. The molecule has 1 fully saturated rings. The van der Waals surface area contributed by atoms with Crippen LogP contribution in [0.5, 0.6) is 0 Å². The van der Waals surface area contributed by atoms with Crippen molar-refractivity contribution in [1.29, 1.82) is 0 Å². The zero-order valence-electron chi connectivity index (χ0n) is 12.4. The maximum absolute atomic E-state index is 10.2. The summed E-state index contributed by atoms with van der Waals surface area (Å²) in [6.07, 6.45) is 0. The molecule has 3 rings (SSSR count). The van der Waals surface area contributed by atoms with Crippen molar-refractivity contribution in [2.24, 2.45) is 0 Å². The Hall–Kier alpha value is -1.55. The maximum atomic E-state index is 10.2. The summed E-state index contributed by atoms with van der Waals surface area (Å²) in [5.41, 5.74) is 1.21. The topological polar surface area (TPSA) is 38.3 Å². The minimum Gasteiger partial charge on any atom is -0.370 e. The number of rotatable bonds is 0. The Bertz CT molecular complexity index is 536. The largest absolute Gasteiger partial charge is 0.370 e. The van der Waals surface area contributed by atoms with E-state index in [4.69, 9.17) is 27.9 Å². The number of ether oxygens (including phenoxy) is 1. The number of carbonyl (C=O) groups is 1. The number of morpholine rings is 1. The van der Waals surface area contributed by atoms with Gasteiger partial charge in [-0.2, -0.15) is 0 Å². The van der Waals surface area contributed by atoms with E-state index in [0.29, 0.717) is 13.2 Å². The van der Waals surface area contributed by atoms with Gasteiger partial charge in [-0.05, 0) is 36.8 Å². The Morgan fingerprint density at radius 2 is 1.68 bits per heavy atom. The van der Waals surface area contributed by atoms with Gasteiger partial charge in [0, 0.05) is 16.6 Å². The highest BCUT2D eigenvalue weighted by Crippen LogP contribution is 2.08. The predicted molar refractivity (Wildman–Crippen MR) is 91.5 cm³/mol. The minimum atomic E-state index is -0.00810. The second-order valence-electron chi connectivity index (χ2n) is 4.50. The first-order chi connectivity index (χ1) is 10.6. The van der Waals surface area contributed by atoms with Crippen LogP contribution in [0.1, 0.15) is 5.56 Å². The quantitative estimate of drug-likeness (QED) is 0.783. The highest BCUT2D eigenvalue weighted by Gasteiger charge is 2.04. The second kappa shape index (κ2) is 11.1. The van der Waals surface area contributed by atoms with E-state index in [1.165, 1.54) is 5.56 Å². The number of nitrogens with one attached hydrogen (secondary N) is 1. The Balaban J connectivity index is 0.000000166. The van der Waals surface area contributed by atoms with E-state index in [9.17, 15) is 4.79 Å². The van der Waals surface area contributed by atoms with Crippen molar-refractivity contribution in [3.05, 3.63) is 70.2 Å². The molecule has 0 unspecified atom stereocenters. The van der Waals surface area contributed by atoms with Crippen LogP contribution < -0.4 is 5.32 Å². The standard InChI is InChI=1S/C7H7Cl.C6H5Cl.C4H7NO2/c1-6-3-2-4-7(8)5-6;7-6-4-2-1-3-5-6;6-4-3-7-2-1-5-4/h2-5H,1H3;1-5H;1-3H2,(H,5,6). The Morgan fingerprint density at radius 3 is 2.00 bits per heavy atom. The summed E-state index contributed by atoms with van der Waals surface area (Å²) in [5, 5.41) is 4.22. The van der Waals surface area contributed by atoms with E-state index in [1.807, 2.05) is 61.5 Å². The second-order valence-corrected chi connectivity index (χ2v) is 5.37. The van der Waals surface area contributed by atoms with Gasteiger partial charge in [0.1, 0.15) is 6.61 Å². The molecule has 1 amide bonds. The lowest BCUT2D eigenvalue weighted by molar-refractivity contribution is -0.128. The molecule has 0 bridgehead atoms. The van der Waals surface area contributed by atoms with Gasteiger partial charge in [0.05, 0.1) is 6.61 Å². The lowest BCUT2D eigenvalue weighted by atomic mass is 10.2. The molecule has 3 nitrogen and oxygen atoms in total. The first kappa shape index (κ1) is 18.5. The zero-order chi connectivity index (χ0) is 16.2. The van der Waals surface area contributed by atoms with Crippen LogP contribution in [0, 0.1) is 6.92 Å². The Morgan fingerprint density at radius 1 is 1.00 bits per heavy atom. The van der Waals surface area contributed by atoms with Gasteiger partial charge in [-0.25, -0.2) is 0 Å². The third-order valence-corrected chi connectivity index (χ3v) is 3.00. The van der Waals surface area contributed by atoms with Crippen LogP contribution in [-0.4, -0.2) is 25.7 Å². The van der Waals surface area contributed by atoms with Gasteiger partial charge in [-0.1, -0.05) is 53.5 Å². The number of halogens is 2. The number of hydrogen-bond donors (Lipinski definition) is 1. The van der Waals surface area contributed by atoms with Gasteiger partial charge < -0.3 is 10.1 Å². The number of benzene rings is 2. The zero-order valence-corrected chi connectivity index (χ0v) is 13.9. The normalized spacial score (nSPS) is 13.0. The summed E-state index contributed by atoms with van der Waals surface area (Å²) in [7, 11) is 0. The van der Waals surface area contributed by atoms with Gasteiger partial charge in [-0.15, -0.1) is 0 Å². The molecule has 1 aliphatic rings. The average Bonchev–Trinajstić information content (AvgIpc) is 2.50. The summed E-state index contributed by atoms with van der Waals surface area (Å²) < 4.78 is 4.77. The molecular formula is C17H19Cl2NO2. The molecule has 1 N–H and O–H groups in total. The predicted octanol–water partition coefficient (Wildman–Crippen LogP) is 4.12. The van der Waals surface area contributed by atoms with Crippen molar-refractivity contribution < 1.29 is 9.53 Å². The average molecular weight is 340 g/mol. The SMILES string of the molecule is Cc1cccc(Cl)c1.Clc1ccccc1.O=C1COCCN1. The van der Waals surface area contributed by atoms with Gasteiger partial charge in [0.25, 0.3) is 0 Å². The molecule has 0 aromatic heterocycles. The maximum Gasteiger partial charge on any atom is 0.246 e. The third-order valence-electron chi connectivity index (χ3n) is 2.51. The fraction of sp³-hybridized carbons (Fsp3) is 0.235. The van der Waals surface area contributed by atoms with Crippen LogP contribution in [-0.2, 0) is 9.53 Å². The van der Waals surface area contributed by atoms with Gasteiger partial charge in [0.15, 0.2) is 0 Å². The summed E-state index contributed by atoms with van der Waals surface area (Å²) in [5.74, 6) is -0.00810. The van der Waals surface area contributed by atoms with Crippen molar-refractivity contribution in [2.45, 2.75) is 6.92 Å². The molecule has 118 valence electrons. The fourth-order valence-electron chi connectivity index (χ4n) is 1.50. The molecule has 0 saturated carbocycles. The smallest absolute Gasteiger partial charge is 0.246 e.